The van der Waals surface area contributed by atoms with Crippen molar-refractivity contribution < 1.29 is 5.21 Å². The minimum Gasteiger partial charge on any atom is -0.409 e. The molecule has 0 unspecified atom stereocenters. The quantitative estimate of drug-likeness (QED) is 0.326. The van der Waals surface area contributed by atoms with Crippen LogP contribution in [0.15, 0.2) is 29.4 Å². The van der Waals surface area contributed by atoms with Gasteiger partial charge in [0.05, 0.1) is 0 Å². The normalized spacial score (nSPS) is 11.4. The van der Waals surface area contributed by atoms with Crippen LogP contribution in [0.1, 0.15) is 5.56 Å². The Labute approximate surface area is 83.6 Å². The molecule has 76 valence electrons. The SMILES string of the molecule is CN(C)c1cccc(CC(N)=NO)c1. The number of benzene rings is 1. The average Bonchev–Trinajstić information content (AvgIpc) is 2.18. The van der Waals surface area contributed by atoms with Gasteiger partial charge in [0, 0.05) is 26.2 Å². The standard InChI is InChI=1S/C10H15N3O/c1-13(2)9-5-3-4-8(6-9)7-10(11)12-14/h3-6,14H,7H2,1-2H3,(H2,11,12). The van der Waals surface area contributed by atoms with Gasteiger partial charge in [0.1, 0.15) is 5.84 Å². The van der Waals surface area contributed by atoms with Crippen LogP contribution < -0.4 is 10.6 Å². The molecule has 0 heterocycles. The maximum Gasteiger partial charge on any atom is 0.143 e. The summed E-state index contributed by atoms with van der Waals surface area (Å²) < 4.78 is 0. The van der Waals surface area contributed by atoms with Gasteiger partial charge in [-0.25, -0.2) is 0 Å². The fourth-order valence-electron chi connectivity index (χ4n) is 1.19. The molecule has 0 saturated heterocycles. The highest BCUT2D eigenvalue weighted by atomic mass is 16.4. The number of rotatable bonds is 3. The molecule has 0 aromatic heterocycles. The minimum atomic E-state index is 0.223. The van der Waals surface area contributed by atoms with Crippen molar-refractivity contribution in [3.8, 4) is 0 Å². The molecular weight excluding hydrogens is 178 g/mol. The van der Waals surface area contributed by atoms with Crippen molar-refractivity contribution in [3.63, 3.8) is 0 Å². The van der Waals surface area contributed by atoms with Gasteiger partial charge in [-0.2, -0.15) is 0 Å². The van der Waals surface area contributed by atoms with Crippen LogP contribution >= 0.6 is 0 Å². The molecule has 1 aromatic carbocycles. The topological polar surface area (TPSA) is 61.8 Å². The third-order valence-corrected chi connectivity index (χ3v) is 1.94. The van der Waals surface area contributed by atoms with Gasteiger partial charge in [0.15, 0.2) is 0 Å². The van der Waals surface area contributed by atoms with E-state index in [-0.39, 0.29) is 5.84 Å². The Bertz CT molecular complexity index is 334. The maximum absolute atomic E-state index is 8.43. The zero-order valence-electron chi connectivity index (χ0n) is 8.44. The van der Waals surface area contributed by atoms with E-state index >= 15 is 0 Å². The molecule has 0 aliphatic carbocycles. The minimum absolute atomic E-state index is 0.223. The third kappa shape index (κ3) is 2.65. The monoisotopic (exact) mass is 193 g/mol. The molecule has 4 heteroatoms. The Hall–Kier alpha value is -1.71. The maximum atomic E-state index is 8.43. The Morgan fingerprint density at radius 3 is 2.79 bits per heavy atom. The average molecular weight is 193 g/mol. The number of nitrogens with two attached hydrogens (primary N) is 1. The first kappa shape index (κ1) is 10.4. The van der Waals surface area contributed by atoms with Crippen molar-refractivity contribution in [2.75, 3.05) is 19.0 Å². The Morgan fingerprint density at radius 1 is 1.50 bits per heavy atom. The highest BCUT2D eigenvalue weighted by molar-refractivity contribution is 5.82. The highest BCUT2D eigenvalue weighted by Gasteiger charge is 2.00. The fourth-order valence-corrected chi connectivity index (χ4v) is 1.19. The first-order valence-electron chi connectivity index (χ1n) is 4.36. The molecule has 0 aliphatic rings. The van der Waals surface area contributed by atoms with Crippen LogP contribution in [0.5, 0.6) is 0 Å². The molecule has 1 aromatic rings. The lowest BCUT2D eigenvalue weighted by molar-refractivity contribution is 0.317. The lowest BCUT2D eigenvalue weighted by Crippen LogP contribution is -2.15. The van der Waals surface area contributed by atoms with Crippen molar-refractivity contribution in [1.29, 1.82) is 0 Å². The van der Waals surface area contributed by atoms with Crippen molar-refractivity contribution in [2.45, 2.75) is 6.42 Å². The van der Waals surface area contributed by atoms with Crippen molar-refractivity contribution in [3.05, 3.63) is 29.8 Å². The molecule has 1 rings (SSSR count). The number of oxime groups is 1. The molecular formula is C10H15N3O. The van der Waals surface area contributed by atoms with Gasteiger partial charge in [0.2, 0.25) is 0 Å². The Morgan fingerprint density at radius 2 is 2.21 bits per heavy atom. The lowest BCUT2D eigenvalue weighted by atomic mass is 10.1. The zero-order valence-corrected chi connectivity index (χ0v) is 8.44. The molecule has 14 heavy (non-hydrogen) atoms. The van der Waals surface area contributed by atoms with E-state index in [0.29, 0.717) is 6.42 Å². The summed E-state index contributed by atoms with van der Waals surface area (Å²) in [5, 5.41) is 11.4. The van der Waals surface area contributed by atoms with Gasteiger partial charge in [-0.3, -0.25) is 0 Å². The molecule has 0 aliphatic heterocycles. The van der Waals surface area contributed by atoms with Gasteiger partial charge >= 0.3 is 0 Å². The van der Waals surface area contributed by atoms with Gasteiger partial charge in [-0.05, 0) is 17.7 Å². The van der Waals surface area contributed by atoms with Gasteiger partial charge in [-0.1, -0.05) is 17.3 Å². The number of hydrogen-bond acceptors (Lipinski definition) is 3. The summed E-state index contributed by atoms with van der Waals surface area (Å²) in [6.45, 7) is 0. The predicted octanol–water partition coefficient (Wildman–Crippen LogP) is 1.04. The molecule has 4 nitrogen and oxygen atoms in total. The van der Waals surface area contributed by atoms with E-state index in [9.17, 15) is 0 Å². The molecule has 0 bridgehead atoms. The van der Waals surface area contributed by atoms with Crippen LogP contribution in [0.25, 0.3) is 0 Å². The Kier molecular flexibility index (Phi) is 3.34. The second-order valence-corrected chi connectivity index (χ2v) is 3.33. The third-order valence-electron chi connectivity index (χ3n) is 1.94. The van der Waals surface area contributed by atoms with E-state index in [0.717, 1.165) is 11.3 Å². The second kappa shape index (κ2) is 4.50. The molecule has 0 spiro atoms. The van der Waals surface area contributed by atoms with E-state index in [1.165, 1.54) is 0 Å². The predicted molar refractivity (Wildman–Crippen MR) is 57.9 cm³/mol. The lowest BCUT2D eigenvalue weighted by Gasteiger charge is -2.13. The molecule has 3 N–H and O–H groups in total. The number of amidine groups is 1. The summed E-state index contributed by atoms with van der Waals surface area (Å²) in [5.74, 6) is 0.223. The van der Waals surface area contributed by atoms with Gasteiger partial charge < -0.3 is 15.8 Å². The van der Waals surface area contributed by atoms with Crippen LogP contribution in [-0.2, 0) is 6.42 Å². The smallest absolute Gasteiger partial charge is 0.143 e. The van der Waals surface area contributed by atoms with Crippen LogP contribution in [0.4, 0.5) is 5.69 Å². The summed E-state index contributed by atoms with van der Waals surface area (Å²) in [5.41, 5.74) is 7.56. The molecule has 0 fully saturated rings. The van der Waals surface area contributed by atoms with E-state index in [1.54, 1.807) is 0 Å². The molecule has 0 atom stereocenters. The van der Waals surface area contributed by atoms with Crippen molar-refractivity contribution >= 4 is 11.5 Å². The summed E-state index contributed by atoms with van der Waals surface area (Å²) in [6, 6.07) is 7.92. The summed E-state index contributed by atoms with van der Waals surface area (Å²) in [4.78, 5) is 2.01. The number of nitrogens with zero attached hydrogens (tertiary/aromatic N) is 2. The van der Waals surface area contributed by atoms with Gasteiger partial charge in [-0.15, -0.1) is 0 Å². The highest BCUT2D eigenvalue weighted by Crippen LogP contribution is 2.13. The Balaban J connectivity index is 2.84. The second-order valence-electron chi connectivity index (χ2n) is 3.33. The van der Waals surface area contributed by atoms with Crippen LogP contribution in [0.3, 0.4) is 0 Å². The molecule has 0 saturated carbocycles. The van der Waals surface area contributed by atoms with Crippen LogP contribution in [0, 0.1) is 0 Å². The van der Waals surface area contributed by atoms with E-state index < -0.39 is 0 Å². The zero-order chi connectivity index (χ0) is 10.6. The summed E-state index contributed by atoms with van der Waals surface area (Å²) in [6.07, 6.45) is 0.470. The largest absolute Gasteiger partial charge is 0.409 e. The summed E-state index contributed by atoms with van der Waals surface area (Å²) >= 11 is 0. The molecule has 0 radical (unpaired) electrons. The number of anilines is 1. The molecule has 0 amide bonds. The van der Waals surface area contributed by atoms with E-state index in [4.69, 9.17) is 10.9 Å². The van der Waals surface area contributed by atoms with Crippen molar-refractivity contribution in [2.24, 2.45) is 10.9 Å². The van der Waals surface area contributed by atoms with Crippen molar-refractivity contribution in [1.82, 2.24) is 0 Å². The number of hydrogen-bond donors (Lipinski definition) is 2. The first-order chi connectivity index (χ1) is 6.63. The summed E-state index contributed by atoms with van der Waals surface area (Å²) in [7, 11) is 3.95. The van der Waals surface area contributed by atoms with Crippen LogP contribution in [0.2, 0.25) is 0 Å². The fraction of sp³-hybridized carbons (Fsp3) is 0.300. The first-order valence-corrected chi connectivity index (χ1v) is 4.36. The van der Waals surface area contributed by atoms with E-state index in [2.05, 4.69) is 5.16 Å². The van der Waals surface area contributed by atoms with Crippen LogP contribution in [-0.4, -0.2) is 25.1 Å². The van der Waals surface area contributed by atoms with Gasteiger partial charge in [0.25, 0.3) is 0 Å². The van der Waals surface area contributed by atoms with E-state index in [1.807, 2.05) is 43.3 Å².